The van der Waals surface area contributed by atoms with Gasteiger partial charge in [0.05, 0.1) is 0 Å². The number of carbonyl (C=O) groups excluding carboxylic acids is 1. The van der Waals surface area contributed by atoms with E-state index >= 15 is 0 Å². The molecule has 0 saturated carbocycles. The quantitative estimate of drug-likeness (QED) is 0.835. The van der Waals surface area contributed by atoms with Crippen molar-refractivity contribution in [3.63, 3.8) is 0 Å². The summed E-state index contributed by atoms with van der Waals surface area (Å²) in [6.45, 7) is 9.57. The van der Waals surface area contributed by atoms with Crippen LogP contribution in [0.3, 0.4) is 0 Å². The van der Waals surface area contributed by atoms with Crippen molar-refractivity contribution in [3.05, 3.63) is 34.9 Å². The predicted octanol–water partition coefficient (Wildman–Crippen LogP) is 3.47. The minimum Gasteiger partial charge on any atom is -0.336 e. The highest BCUT2D eigenvalue weighted by Gasteiger charge is 2.17. The molecule has 0 spiro atoms. The van der Waals surface area contributed by atoms with Crippen LogP contribution in [0.1, 0.15) is 39.7 Å². The van der Waals surface area contributed by atoms with Crippen LogP contribution in [0.2, 0.25) is 5.02 Å². The second-order valence-electron chi connectivity index (χ2n) is 5.60. The number of rotatable bonds is 7. The van der Waals surface area contributed by atoms with Crippen LogP contribution in [0.4, 0.5) is 0 Å². The van der Waals surface area contributed by atoms with E-state index in [1.54, 1.807) is 0 Å². The third-order valence-corrected chi connectivity index (χ3v) is 3.31. The van der Waals surface area contributed by atoms with Crippen LogP contribution in [-0.4, -0.2) is 29.4 Å². The van der Waals surface area contributed by atoms with Crippen molar-refractivity contribution in [2.24, 2.45) is 0 Å². The topological polar surface area (TPSA) is 32.3 Å². The van der Waals surface area contributed by atoms with Crippen LogP contribution in [0.5, 0.6) is 0 Å². The number of carbonyl (C=O) groups is 1. The minimum atomic E-state index is 0.174. The molecule has 0 bridgehead atoms. The van der Waals surface area contributed by atoms with Crippen molar-refractivity contribution in [2.45, 2.75) is 52.7 Å². The van der Waals surface area contributed by atoms with E-state index in [0.717, 1.165) is 12.1 Å². The lowest BCUT2D eigenvalue weighted by Gasteiger charge is -2.27. The standard InChI is InChI=1S/C16H25ClN2O/c1-12(2)18-9-8-16(20)19(13(3)4)11-14-6-5-7-15(17)10-14/h5-7,10,12-13,18H,8-9,11H2,1-4H3. The van der Waals surface area contributed by atoms with Crippen LogP contribution in [0.25, 0.3) is 0 Å². The van der Waals surface area contributed by atoms with Gasteiger partial charge in [0.15, 0.2) is 0 Å². The summed E-state index contributed by atoms with van der Waals surface area (Å²) in [5, 5.41) is 3.98. The van der Waals surface area contributed by atoms with Gasteiger partial charge in [0.2, 0.25) is 5.91 Å². The van der Waals surface area contributed by atoms with Crippen molar-refractivity contribution in [2.75, 3.05) is 6.54 Å². The molecule has 0 aliphatic carbocycles. The van der Waals surface area contributed by atoms with Gasteiger partial charge in [0.1, 0.15) is 0 Å². The zero-order chi connectivity index (χ0) is 15.1. The molecule has 3 nitrogen and oxygen atoms in total. The van der Waals surface area contributed by atoms with Crippen molar-refractivity contribution in [1.29, 1.82) is 0 Å². The molecular formula is C16H25ClN2O. The normalized spacial score (nSPS) is 11.2. The Morgan fingerprint density at radius 1 is 1.30 bits per heavy atom. The van der Waals surface area contributed by atoms with Gasteiger partial charge in [-0.3, -0.25) is 4.79 Å². The summed E-state index contributed by atoms with van der Waals surface area (Å²) in [5.41, 5.74) is 1.07. The zero-order valence-electron chi connectivity index (χ0n) is 12.8. The third kappa shape index (κ3) is 5.93. The molecule has 0 heterocycles. The highest BCUT2D eigenvalue weighted by molar-refractivity contribution is 6.30. The summed E-state index contributed by atoms with van der Waals surface area (Å²) in [7, 11) is 0. The fraction of sp³-hybridized carbons (Fsp3) is 0.562. The summed E-state index contributed by atoms with van der Waals surface area (Å²) in [6, 6.07) is 8.26. The fourth-order valence-corrected chi connectivity index (χ4v) is 2.22. The molecule has 0 saturated heterocycles. The number of hydrogen-bond donors (Lipinski definition) is 1. The summed E-state index contributed by atoms with van der Waals surface area (Å²) >= 11 is 5.99. The van der Waals surface area contributed by atoms with E-state index in [-0.39, 0.29) is 11.9 Å². The molecule has 0 aliphatic rings. The number of halogens is 1. The van der Waals surface area contributed by atoms with Gasteiger partial charge < -0.3 is 10.2 Å². The SMILES string of the molecule is CC(C)NCCC(=O)N(Cc1cccc(Cl)c1)C(C)C. The molecule has 20 heavy (non-hydrogen) atoms. The van der Waals surface area contributed by atoms with E-state index < -0.39 is 0 Å². The first kappa shape index (κ1) is 17.0. The number of nitrogens with one attached hydrogen (secondary N) is 1. The average Bonchev–Trinajstić information content (AvgIpc) is 2.35. The van der Waals surface area contributed by atoms with Gasteiger partial charge in [0, 0.05) is 36.6 Å². The van der Waals surface area contributed by atoms with Crippen LogP contribution in [-0.2, 0) is 11.3 Å². The molecule has 1 N–H and O–H groups in total. The lowest BCUT2D eigenvalue weighted by atomic mass is 10.1. The number of hydrogen-bond acceptors (Lipinski definition) is 2. The van der Waals surface area contributed by atoms with Crippen molar-refractivity contribution >= 4 is 17.5 Å². The zero-order valence-corrected chi connectivity index (χ0v) is 13.6. The van der Waals surface area contributed by atoms with Gasteiger partial charge >= 0.3 is 0 Å². The Bertz CT molecular complexity index is 432. The first-order valence-corrected chi connectivity index (χ1v) is 7.55. The molecule has 4 heteroatoms. The number of benzene rings is 1. The molecular weight excluding hydrogens is 272 g/mol. The van der Waals surface area contributed by atoms with Gasteiger partial charge in [-0.1, -0.05) is 37.6 Å². The molecule has 0 radical (unpaired) electrons. The third-order valence-electron chi connectivity index (χ3n) is 3.08. The van der Waals surface area contributed by atoms with Gasteiger partial charge in [-0.15, -0.1) is 0 Å². The van der Waals surface area contributed by atoms with Crippen LogP contribution >= 0.6 is 11.6 Å². The van der Waals surface area contributed by atoms with Crippen LogP contribution in [0.15, 0.2) is 24.3 Å². The van der Waals surface area contributed by atoms with Crippen LogP contribution in [0, 0.1) is 0 Å². The molecule has 0 unspecified atom stereocenters. The Balaban J connectivity index is 2.62. The highest BCUT2D eigenvalue weighted by Crippen LogP contribution is 2.14. The Hall–Kier alpha value is -1.06. The largest absolute Gasteiger partial charge is 0.336 e. The molecule has 0 fully saturated rings. The Morgan fingerprint density at radius 2 is 2.00 bits per heavy atom. The molecule has 1 rings (SSSR count). The highest BCUT2D eigenvalue weighted by atomic mass is 35.5. The molecule has 0 aromatic heterocycles. The summed E-state index contributed by atoms with van der Waals surface area (Å²) < 4.78 is 0. The monoisotopic (exact) mass is 296 g/mol. The van der Waals surface area contributed by atoms with Crippen molar-refractivity contribution < 1.29 is 4.79 Å². The lowest BCUT2D eigenvalue weighted by Crippen LogP contribution is -2.38. The molecule has 1 amide bonds. The molecule has 112 valence electrons. The van der Waals surface area contributed by atoms with E-state index in [1.165, 1.54) is 0 Å². The second kappa shape index (κ2) is 8.28. The maximum atomic E-state index is 12.3. The van der Waals surface area contributed by atoms with E-state index in [9.17, 15) is 4.79 Å². The van der Waals surface area contributed by atoms with Gasteiger partial charge in [0.25, 0.3) is 0 Å². The van der Waals surface area contributed by atoms with Gasteiger partial charge in [-0.2, -0.15) is 0 Å². The predicted molar refractivity (Wildman–Crippen MR) is 84.9 cm³/mol. The summed E-state index contributed by atoms with van der Waals surface area (Å²) in [5.74, 6) is 0.174. The van der Waals surface area contributed by atoms with Crippen LogP contribution < -0.4 is 5.32 Å². The van der Waals surface area contributed by atoms with Gasteiger partial charge in [-0.25, -0.2) is 0 Å². The number of amides is 1. The lowest BCUT2D eigenvalue weighted by molar-refractivity contribution is -0.133. The first-order valence-electron chi connectivity index (χ1n) is 7.17. The average molecular weight is 297 g/mol. The van der Waals surface area contributed by atoms with Crippen molar-refractivity contribution in [3.8, 4) is 0 Å². The smallest absolute Gasteiger partial charge is 0.224 e. The molecule has 0 atom stereocenters. The summed E-state index contributed by atoms with van der Waals surface area (Å²) in [4.78, 5) is 14.2. The Labute approximate surface area is 127 Å². The second-order valence-corrected chi connectivity index (χ2v) is 6.04. The first-order chi connectivity index (χ1) is 9.40. The Kier molecular flexibility index (Phi) is 7.03. The van der Waals surface area contributed by atoms with E-state index in [0.29, 0.717) is 24.0 Å². The van der Waals surface area contributed by atoms with Crippen molar-refractivity contribution in [1.82, 2.24) is 10.2 Å². The fourth-order valence-electron chi connectivity index (χ4n) is 2.00. The maximum Gasteiger partial charge on any atom is 0.224 e. The number of nitrogens with zero attached hydrogens (tertiary/aromatic N) is 1. The molecule has 1 aromatic rings. The van der Waals surface area contributed by atoms with E-state index in [2.05, 4.69) is 19.2 Å². The molecule has 0 aliphatic heterocycles. The Morgan fingerprint density at radius 3 is 2.55 bits per heavy atom. The van der Waals surface area contributed by atoms with E-state index in [1.807, 2.05) is 43.0 Å². The van der Waals surface area contributed by atoms with Gasteiger partial charge in [-0.05, 0) is 31.5 Å². The minimum absolute atomic E-state index is 0.174. The van der Waals surface area contributed by atoms with E-state index in [4.69, 9.17) is 11.6 Å². The molecule has 1 aromatic carbocycles. The maximum absolute atomic E-state index is 12.3. The summed E-state index contributed by atoms with van der Waals surface area (Å²) in [6.07, 6.45) is 0.525.